The van der Waals surface area contributed by atoms with Crippen molar-refractivity contribution in [2.24, 2.45) is 0 Å². The lowest BCUT2D eigenvalue weighted by Gasteiger charge is -2.07. The zero-order valence-corrected chi connectivity index (χ0v) is 11.5. The second-order valence-electron chi connectivity index (χ2n) is 3.20. The summed E-state index contributed by atoms with van der Waals surface area (Å²) in [7, 11) is 2.57. The van der Waals surface area contributed by atoms with Gasteiger partial charge in [-0.15, -0.1) is 0 Å². The van der Waals surface area contributed by atoms with Gasteiger partial charge in [-0.2, -0.15) is 0 Å². The fraction of sp³-hybridized carbons (Fsp3) is 0.167. The second-order valence-corrected chi connectivity index (χ2v) is 4.12. The first-order valence-electron chi connectivity index (χ1n) is 4.97. The molecule has 0 fully saturated rings. The summed E-state index contributed by atoms with van der Waals surface area (Å²) in [6, 6.07) is 5.21. The molecule has 0 saturated carbocycles. The molecule has 0 heterocycles. The predicted molar refractivity (Wildman–Crippen MR) is 71.2 cm³/mol. The van der Waals surface area contributed by atoms with Gasteiger partial charge in [0, 0.05) is 10.5 Å². The van der Waals surface area contributed by atoms with Gasteiger partial charge in [0.05, 0.1) is 19.9 Å². The number of amides is 1. The topological polar surface area (TPSA) is 64.6 Å². The summed E-state index contributed by atoms with van der Waals surface area (Å²) < 4.78 is 9.83. The summed E-state index contributed by atoms with van der Waals surface area (Å²) in [5, 5.41) is 2.54. The maximum Gasteiger partial charge on any atom is 0.411 e. The summed E-state index contributed by atoms with van der Waals surface area (Å²) >= 11 is 3.31. The van der Waals surface area contributed by atoms with Crippen LogP contribution >= 0.6 is 15.9 Å². The molecule has 18 heavy (non-hydrogen) atoms. The highest BCUT2D eigenvalue weighted by molar-refractivity contribution is 9.10. The van der Waals surface area contributed by atoms with E-state index in [0.29, 0.717) is 11.3 Å². The van der Waals surface area contributed by atoms with E-state index in [0.717, 1.165) is 4.47 Å². The molecule has 0 aliphatic heterocycles. The number of rotatable bonds is 3. The summed E-state index contributed by atoms with van der Waals surface area (Å²) in [6.45, 7) is 0. The highest BCUT2D eigenvalue weighted by atomic mass is 79.9. The number of halogens is 1. The molecular weight excluding hydrogens is 302 g/mol. The average molecular weight is 314 g/mol. The van der Waals surface area contributed by atoms with Crippen LogP contribution in [0.15, 0.2) is 28.7 Å². The molecule has 1 aromatic rings. The van der Waals surface area contributed by atoms with Gasteiger partial charge in [0.25, 0.3) is 0 Å². The van der Waals surface area contributed by atoms with Crippen LogP contribution in [0.5, 0.6) is 0 Å². The van der Waals surface area contributed by atoms with E-state index in [2.05, 4.69) is 30.7 Å². The minimum absolute atomic E-state index is 0.473. The van der Waals surface area contributed by atoms with Gasteiger partial charge in [-0.3, -0.25) is 5.32 Å². The Kier molecular flexibility index (Phi) is 5.38. The van der Waals surface area contributed by atoms with Gasteiger partial charge >= 0.3 is 12.1 Å². The Balaban J connectivity index is 3.00. The first-order chi connectivity index (χ1) is 8.56. The number of hydrogen-bond acceptors (Lipinski definition) is 4. The Bertz CT molecular complexity index is 485. The molecule has 0 bridgehead atoms. The molecule has 0 aromatic heterocycles. The van der Waals surface area contributed by atoms with E-state index in [-0.39, 0.29) is 0 Å². The highest BCUT2D eigenvalue weighted by Gasteiger charge is 2.05. The lowest BCUT2D eigenvalue weighted by Crippen LogP contribution is -2.11. The third kappa shape index (κ3) is 4.21. The van der Waals surface area contributed by atoms with Gasteiger partial charge in [0.15, 0.2) is 0 Å². The first-order valence-corrected chi connectivity index (χ1v) is 5.76. The number of esters is 1. The molecule has 1 aromatic carbocycles. The smallest absolute Gasteiger partial charge is 0.411 e. The van der Waals surface area contributed by atoms with Gasteiger partial charge in [-0.05, 0) is 29.8 Å². The molecule has 0 saturated heterocycles. The minimum atomic E-state index is -0.579. The summed E-state index contributed by atoms with van der Waals surface area (Å²) in [5.41, 5.74) is 1.19. The monoisotopic (exact) mass is 313 g/mol. The Morgan fingerprint density at radius 1 is 1.28 bits per heavy atom. The molecule has 0 aliphatic rings. The third-order valence-corrected chi connectivity index (χ3v) is 2.53. The molecule has 1 amide bonds. The number of benzene rings is 1. The van der Waals surface area contributed by atoms with Gasteiger partial charge in [-0.1, -0.05) is 15.9 Å². The van der Waals surface area contributed by atoms with Crippen LogP contribution in [0, 0.1) is 0 Å². The van der Waals surface area contributed by atoms with Crippen molar-refractivity contribution < 1.29 is 19.1 Å². The molecule has 0 atom stereocenters. The Labute approximate surface area is 113 Å². The number of methoxy groups -OCH3 is 2. The lowest BCUT2D eigenvalue weighted by molar-refractivity contribution is -0.134. The van der Waals surface area contributed by atoms with E-state index in [1.54, 1.807) is 24.3 Å². The normalized spacial score (nSPS) is 10.2. The molecule has 6 heteroatoms. The molecule has 0 radical (unpaired) electrons. The van der Waals surface area contributed by atoms with Crippen LogP contribution < -0.4 is 5.32 Å². The standard InChI is InChI=1S/C12H12BrNO4/c1-17-11(15)6-3-8-7-9(13)4-5-10(8)14-12(16)18-2/h3-7H,1-2H3,(H,14,16)/b6-3+. The van der Waals surface area contributed by atoms with E-state index >= 15 is 0 Å². The second kappa shape index (κ2) is 6.80. The number of nitrogens with one attached hydrogen (secondary N) is 1. The quantitative estimate of drug-likeness (QED) is 0.688. The van der Waals surface area contributed by atoms with Crippen molar-refractivity contribution in [2.45, 2.75) is 0 Å². The average Bonchev–Trinajstić information content (AvgIpc) is 2.38. The zero-order valence-electron chi connectivity index (χ0n) is 9.90. The van der Waals surface area contributed by atoms with E-state index < -0.39 is 12.1 Å². The largest absolute Gasteiger partial charge is 0.466 e. The molecule has 1 rings (SSSR count). The van der Waals surface area contributed by atoms with Crippen LogP contribution in [0.4, 0.5) is 10.5 Å². The van der Waals surface area contributed by atoms with Crippen molar-refractivity contribution in [1.82, 2.24) is 0 Å². The molecular formula is C12H12BrNO4. The summed E-state index contributed by atoms with van der Waals surface area (Å²) in [6.07, 6.45) is 2.23. The van der Waals surface area contributed by atoms with Crippen LogP contribution in [-0.4, -0.2) is 26.3 Å². The van der Waals surface area contributed by atoms with Crippen molar-refractivity contribution in [3.05, 3.63) is 34.3 Å². The summed E-state index contributed by atoms with van der Waals surface area (Å²) in [4.78, 5) is 22.2. The summed E-state index contributed by atoms with van der Waals surface area (Å²) in [5.74, 6) is -0.473. The lowest BCUT2D eigenvalue weighted by atomic mass is 10.1. The van der Waals surface area contributed by atoms with Gasteiger partial charge < -0.3 is 9.47 Å². The van der Waals surface area contributed by atoms with Crippen LogP contribution in [-0.2, 0) is 14.3 Å². The van der Waals surface area contributed by atoms with Crippen molar-refractivity contribution in [2.75, 3.05) is 19.5 Å². The highest BCUT2D eigenvalue weighted by Crippen LogP contribution is 2.22. The minimum Gasteiger partial charge on any atom is -0.466 e. The predicted octanol–water partition coefficient (Wildman–Crippen LogP) is 2.81. The third-order valence-electron chi connectivity index (χ3n) is 2.04. The Morgan fingerprint density at radius 3 is 2.61 bits per heavy atom. The fourth-order valence-electron chi connectivity index (χ4n) is 1.17. The number of hydrogen-bond donors (Lipinski definition) is 1. The first kappa shape index (κ1) is 14.2. The zero-order chi connectivity index (χ0) is 13.5. The number of carbonyl (C=O) groups excluding carboxylic acids is 2. The van der Waals surface area contributed by atoms with Crippen molar-refractivity contribution in [1.29, 1.82) is 0 Å². The van der Waals surface area contributed by atoms with Crippen molar-refractivity contribution in [3.8, 4) is 0 Å². The molecule has 96 valence electrons. The Morgan fingerprint density at radius 2 is 2.00 bits per heavy atom. The van der Waals surface area contributed by atoms with Gasteiger partial charge in [0.1, 0.15) is 0 Å². The molecule has 5 nitrogen and oxygen atoms in total. The van der Waals surface area contributed by atoms with E-state index in [4.69, 9.17) is 0 Å². The van der Waals surface area contributed by atoms with Crippen LogP contribution in [0.2, 0.25) is 0 Å². The van der Waals surface area contributed by atoms with E-state index in [1.165, 1.54) is 20.3 Å². The van der Waals surface area contributed by atoms with Crippen LogP contribution in [0.1, 0.15) is 5.56 Å². The molecule has 1 N–H and O–H groups in total. The molecule has 0 spiro atoms. The fourth-order valence-corrected chi connectivity index (χ4v) is 1.55. The number of carbonyl (C=O) groups is 2. The van der Waals surface area contributed by atoms with E-state index in [1.807, 2.05) is 0 Å². The SMILES string of the molecule is COC(=O)/C=C/c1cc(Br)ccc1NC(=O)OC. The maximum absolute atomic E-state index is 11.2. The molecule has 0 aliphatic carbocycles. The van der Waals surface area contributed by atoms with Crippen molar-refractivity contribution in [3.63, 3.8) is 0 Å². The number of anilines is 1. The van der Waals surface area contributed by atoms with Gasteiger partial charge in [-0.25, -0.2) is 9.59 Å². The van der Waals surface area contributed by atoms with Crippen molar-refractivity contribution >= 4 is 39.8 Å². The Hall–Kier alpha value is -1.82. The van der Waals surface area contributed by atoms with Crippen LogP contribution in [0.3, 0.4) is 0 Å². The number of ether oxygens (including phenoxy) is 2. The molecule has 0 unspecified atom stereocenters. The maximum atomic E-state index is 11.2. The van der Waals surface area contributed by atoms with Crippen LogP contribution in [0.25, 0.3) is 6.08 Å². The van der Waals surface area contributed by atoms with Gasteiger partial charge in [0.2, 0.25) is 0 Å². The van der Waals surface area contributed by atoms with E-state index in [9.17, 15) is 9.59 Å².